The first-order chi connectivity index (χ1) is 5.41. The van der Waals surface area contributed by atoms with Gasteiger partial charge in [-0.3, -0.25) is 9.59 Å². The quantitative estimate of drug-likeness (QED) is 0.251. The molecule has 0 saturated carbocycles. The van der Waals surface area contributed by atoms with Crippen molar-refractivity contribution in [3.05, 3.63) is 23.1 Å². The fourth-order valence-electron chi connectivity index (χ4n) is 0.684. The van der Waals surface area contributed by atoms with E-state index in [0.717, 1.165) is 12.2 Å². The Hall–Kier alpha value is -0.270. The molecule has 0 radical (unpaired) electrons. The summed E-state index contributed by atoms with van der Waals surface area (Å²) in [6.45, 7) is 0. The van der Waals surface area contributed by atoms with E-state index in [0.29, 0.717) is 6.08 Å². The molecule has 5 nitrogen and oxygen atoms in total. The zero-order valence-corrected chi connectivity index (χ0v) is 9.50. The molecule has 7 heteroatoms. The summed E-state index contributed by atoms with van der Waals surface area (Å²) in [4.78, 5) is 20.3. The van der Waals surface area contributed by atoms with Crippen molar-refractivity contribution in [3.63, 3.8) is 0 Å². The van der Waals surface area contributed by atoms with Crippen LogP contribution < -0.4 is 29.6 Å². The summed E-state index contributed by atoms with van der Waals surface area (Å²) in [5.74, 6) is -1.63. The van der Waals surface area contributed by atoms with Crippen LogP contribution in [0.3, 0.4) is 0 Å². The third-order valence-electron chi connectivity index (χ3n) is 1.18. The average Bonchev–Trinajstić information content (AvgIpc) is 1.92. The monoisotopic (exact) mass is 210 g/mol. The van der Waals surface area contributed by atoms with Gasteiger partial charge >= 0.3 is 29.6 Å². The van der Waals surface area contributed by atoms with E-state index in [9.17, 15) is 22.6 Å². The Kier molecular flexibility index (Phi) is 4.21. The van der Waals surface area contributed by atoms with Gasteiger partial charge < -0.3 is 4.55 Å². The van der Waals surface area contributed by atoms with Gasteiger partial charge in [0.15, 0.2) is 11.6 Å². The molecule has 1 rings (SSSR count). The summed E-state index contributed by atoms with van der Waals surface area (Å²) in [5.41, 5.74) is 0. The molecular weight excluding hydrogens is 207 g/mol. The zero-order chi connectivity index (χ0) is 9.35. The van der Waals surface area contributed by atoms with E-state index in [-0.39, 0.29) is 29.6 Å². The maximum absolute atomic E-state index is 10.7. The Morgan fingerprint density at radius 1 is 1.15 bits per heavy atom. The summed E-state index contributed by atoms with van der Waals surface area (Å²) in [5, 5.41) is 0. The summed E-state index contributed by atoms with van der Waals surface area (Å²) in [6.07, 6.45) is 2.18. The number of rotatable bonds is 1. The maximum atomic E-state index is 10.7. The molecule has 0 amide bonds. The third kappa shape index (κ3) is 3.17. The summed E-state index contributed by atoms with van der Waals surface area (Å²) < 4.78 is 30.9. The largest absolute Gasteiger partial charge is 1.00 e. The molecule has 0 bridgehead atoms. The molecule has 0 N–H and O–H groups in total. The minimum atomic E-state index is -4.82. The molecule has 0 atom stereocenters. The molecule has 0 saturated heterocycles. The maximum Gasteiger partial charge on any atom is 1.00 e. The molecule has 64 valence electrons. The van der Waals surface area contributed by atoms with Crippen LogP contribution in [0.15, 0.2) is 23.1 Å². The molecule has 0 aromatic heterocycles. The Labute approximate surface area is 96.5 Å². The van der Waals surface area contributed by atoms with E-state index in [1.807, 2.05) is 0 Å². The van der Waals surface area contributed by atoms with E-state index in [1.54, 1.807) is 0 Å². The van der Waals surface area contributed by atoms with Crippen molar-refractivity contribution < 1.29 is 52.1 Å². The molecular formula is C6H3NaO5S. The van der Waals surface area contributed by atoms with Gasteiger partial charge in [-0.1, -0.05) is 0 Å². The van der Waals surface area contributed by atoms with Crippen LogP contribution >= 0.6 is 0 Å². The molecule has 0 unspecified atom stereocenters. The van der Waals surface area contributed by atoms with Crippen molar-refractivity contribution in [2.75, 3.05) is 0 Å². The van der Waals surface area contributed by atoms with Gasteiger partial charge in [-0.25, -0.2) is 8.42 Å². The Morgan fingerprint density at radius 2 is 1.69 bits per heavy atom. The van der Waals surface area contributed by atoms with Crippen LogP contribution in [-0.4, -0.2) is 24.5 Å². The second-order valence-corrected chi connectivity index (χ2v) is 3.41. The molecule has 1 aliphatic carbocycles. The zero-order valence-electron chi connectivity index (χ0n) is 6.68. The molecule has 0 aromatic rings. The van der Waals surface area contributed by atoms with E-state index >= 15 is 0 Å². The minimum Gasteiger partial charge on any atom is -0.744 e. The number of carbonyl (C=O) groups is 2. The number of hydrogen-bond donors (Lipinski definition) is 0. The second kappa shape index (κ2) is 4.30. The second-order valence-electron chi connectivity index (χ2n) is 2.06. The topological polar surface area (TPSA) is 91.3 Å². The fourth-order valence-corrected chi connectivity index (χ4v) is 1.26. The van der Waals surface area contributed by atoms with Crippen LogP contribution in [0.2, 0.25) is 0 Å². The molecule has 0 heterocycles. The predicted octanol–water partition coefficient (Wildman–Crippen LogP) is -3.87. The van der Waals surface area contributed by atoms with Gasteiger partial charge in [-0.05, 0) is 12.2 Å². The van der Waals surface area contributed by atoms with Crippen LogP contribution in [0.4, 0.5) is 0 Å². The third-order valence-corrected chi connectivity index (χ3v) is 2.04. The Bertz CT molecular complexity index is 403. The van der Waals surface area contributed by atoms with Crippen molar-refractivity contribution in [2.45, 2.75) is 0 Å². The summed E-state index contributed by atoms with van der Waals surface area (Å²) in [6, 6.07) is 0. The summed E-state index contributed by atoms with van der Waals surface area (Å²) in [7, 11) is -4.82. The molecule has 1 aliphatic rings. The van der Waals surface area contributed by atoms with Crippen LogP contribution in [0.1, 0.15) is 0 Å². The van der Waals surface area contributed by atoms with Crippen LogP contribution in [0, 0.1) is 0 Å². The van der Waals surface area contributed by atoms with Crippen LogP contribution in [0.5, 0.6) is 0 Å². The number of hydrogen-bond acceptors (Lipinski definition) is 5. The summed E-state index contributed by atoms with van der Waals surface area (Å²) >= 11 is 0. The van der Waals surface area contributed by atoms with Gasteiger partial charge in [0.25, 0.3) is 0 Å². The van der Waals surface area contributed by atoms with Gasteiger partial charge in [-0.15, -0.1) is 0 Å². The number of allylic oxidation sites excluding steroid dienone is 4. The fraction of sp³-hybridized carbons (Fsp3) is 0. The minimum absolute atomic E-state index is 0. The first-order valence-electron chi connectivity index (χ1n) is 2.85. The van der Waals surface area contributed by atoms with E-state index in [2.05, 4.69) is 0 Å². The number of carbonyl (C=O) groups excluding carboxylic acids is 2. The Morgan fingerprint density at radius 3 is 2.08 bits per heavy atom. The van der Waals surface area contributed by atoms with Crippen molar-refractivity contribution in [1.29, 1.82) is 0 Å². The van der Waals surface area contributed by atoms with E-state index < -0.39 is 26.6 Å². The van der Waals surface area contributed by atoms with Crippen molar-refractivity contribution in [3.8, 4) is 0 Å². The molecule has 0 fully saturated rings. The standard InChI is InChI=1S/C6H4O5S.Na/c7-4-1-2-5(8)6(3-4)12(9,10)11;/h1-3H,(H,9,10,11);/q;+1/p-1. The predicted molar refractivity (Wildman–Crippen MR) is 36.9 cm³/mol. The van der Waals surface area contributed by atoms with E-state index in [1.165, 1.54) is 0 Å². The number of ketones is 2. The first kappa shape index (κ1) is 12.7. The van der Waals surface area contributed by atoms with Crippen molar-refractivity contribution in [2.24, 2.45) is 0 Å². The molecule has 13 heavy (non-hydrogen) atoms. The normalized spacial score (nSPS) is 16.5. The van der Waals surface area contributed by atoms with Gasteiger partial charge in [0.1, 0.15) is 15.0 Å². The van der Waals surface area contributed by atoms with Crippen molar-refractivity contribution in [1.82, 2.24) is 0 Å². The first-order valence-corrected chi connectivity index (χ1v) is 4.26. The van der Waals surface area contributed by atoms with Gasteiger partial charge in [0, 0.05) is 6.08 Å². The van der Waals surface area contributed by atoms with Crippen molar-refractivity contribution >= 4 is 21.7 Å². The molecule has 0 aliphatic heterocycles. The molecule has 0 aromatic carbocycles. The van der Waals surface area contributed by atoms with Crippen LogP contribution in [0.25, 0.3) is 0 Å². The van der Waals surface area contributed by atoms with Gasteiger partial charge in [0.05, 0.1) is 0 Å². The molecule has 0 spiro atoms. The van der Waals surface area contributed by atoms with Crippen LogP contribution in [-0.2, 0) is 19.7 Å². The van der Waals surface area contributed by atoms with E-state index in [4.69, 9.17) is 0 Å². The average molecular weight is 210 g/mol. The Balaban J connectivity index is 0.00000144. The van der Waals surface area contributed by atoms with Gasteiger partial charge in [0.2, 0.25) is 0 Å². The SMILES string of the molecule is O=C1C=CC(=O)C(S(=O)(=O)[O-])=C1.[Na+]. The van der Waals surface area contributed by atoms with Gasteiger partial charge in [-0.2, -0.15) is 0 Å². The smallest absolute Gasteiger partial charge is 0.744 e.